The molecule has 1 aliphatic heterocycles. The molecule has 1 aliphatic rings. The molecule has 2 heterocycles. The van der Waals surface area contributed by atoms with Crippen molar-refractivity contribution in [1.82, 2.24) is 9.78 Å². The number of carboxylic acids is 1. The van der Waals surface area contributed by atoms with Crippen LogP contribution in [0.25, 0.3) is 10.9 Å². The first kappa shape index (κ1) is 28.9. The van der Waals surface area contributed by atoms with Gasteiger partial charge in [-0.2, -0.15) is 18.3 Å². The van der Waals surface area contributed by atoms with Crippen LogP contribution >= 0.6 is 11.6 Å². The van der Waals surface area contributed by atoms with E-state index in [2.05, 4.69) is 20.6 Å². The number of carbonyl (C=O) groups is 3. The Morgan fingerprint density at radius 1 is 0.929 bits per heavy atom. The van der Waals surface area contributed by atoms with Gasteiger partial charge in [-0.25, -0.2) is 4.79 Å². The van der Waals surface area contributed by atoms with Gasteiger partial charge < -0.3 is 20.6 Å². The van der Waals surface area contributed by atoms with Crippen LogP contribution in [0.3, 0.4) is 0 Å². The number of aromatic nitrogens is 2. The summed E-state index contributed by atoms with van der Waals surface area (Å²) in [6.07, 6.45) is -1.65. The molecule has 0 spiro atoms. The summed E-state index contributed by atoms with van der Waals surface area (Å²) in [5.74, 6) is -2.70. The predicted molar refractivity (Wildman–Crippen MR) is 153 cm³/mol. The molecule has 2 amide bonds. The number of alkyl halides is 3. The Hall–Kier alpha value is -4.58. The number of aromatic carboxylic acids is 1. The lowest BCUT2D eigenvalue weighted by Gasteiger charge is -2.30. The third-order valence-corrected chi connectivity index (χ3v) is 7.20. The van der Waals surface area contributed by atoms with E-state index in [4.69, 9.17) is 11.6 Å². The fourth-order valence-corrected chi connectivity index (χ4v) is 5.19. The molecule has 0 bridgehead atoms. The minimum absolute atomic E-state index is 0.0306. The number of anilines is 3. The van der Waals surface area contributed by atoms with Crippen LogP contribution in [0.1, 0.15) is 50.5 Å². The van der Waals surface area contributed by atoms with Crippen LogP contribution in [0.5, 0.6) is 0 Å². The molecule has 13 heteroatoms. The van der Waals surface area contributed by atoms with Crippen LogP contribution in [-0.2, 0) is 6.54 Å². The number of piperidine rings is 1. The lowest BCUT2D eigenvalue weighted by Crippen LogP contribution is -2.30. The number of halogens is 4. The Labute approximate surface area is 242 Å². The molecule has 5 rings (SSSR count). The van der Waals surface area contributed by atoms with Crippen LogP contribution in [0.4, 0.5) is 30.2 Å². The van der Waals surface area contributed by atoms with E-state index in [0.717, 1.165) is 23.9 Å². The van der Waals surface area contributed by atoms with E-state index < -0.39 is 30.5 Å². The van der Waals surface area contributed by atoms with Gasteiger partial charge in [0.25, 0.3) is 11.8 Å². The van der Waals surface area contributed by atoms with Gasteiger partial charge in [0.05, 0.1) is 33.2 Å². The van der Waals surface area contributed by atoms with Crippen molar-refractivity contribution < 1.29 is 32.7 Å². The Morgan fingerprint density at radius 2 is 1.67 bits per heavy atom. The average molecular weight is 600 g/mol. The molecule has 42 heavy (non-hydrogen) atoms. The SMILES string of the molecule is O=C(Nc1c(Cl)cccc1C(=O)O)c1ccc(N2CCCCC2)c(NC(=O)c2nn(CC(F)(F)F)c3ccccc23)c1. The Balaban J connectivity index is 1.51. The molecule has 4 aromatic rings. The number of fused-ring (bicyclic) bond motifs is 1. The summed E-state index contributed by atoms with van der Waals surface area (Å²) in [5, 5.41) is 19.1. The van der Waals surface area contributed by atoms with E-state index in [9.17, 15) is 32.7 Å². The molecule has 0 radical (unpaired) electrons. The van der Waals surface area contributed by atoms with Crippen LogP contribution < -0.4 is 15.5 Å². The minimum Gasteiger partial charge on any atom is -0.478 e. The highest BCUT2D eigenvalue weighted by Gasteiger charge is 2.31. The number of amides is 2. The number of nitrogens with zero attached hydrogens (tertiary/aromatic N) is 3. The van der Waals surface area contributed by atoms with Crippen molar-refractivity contribution in [1.29, 1.82) is 0 Å². The van der Waals surface area contributed by atoms with Gasteiger partial charge in [0.15, 0.2) is 5.69 Å². The summed E-state index contributed by atoms with van der Waals surface area (Å²) >= 11 is 6.17. The lowest BCUT2D eigenvalue weighted by atomic mass is 10.1. The van der Waals surface area contributed by atoms with Crippen molar-refractivity contribution in [3.8, 4) is 0 Å². The van der Waals surface area contributed by atoms with Gasteiger partial charge in [-0.15, -0.1) is 0 Å². The number of carbonyl (C=O) groups excluding carboxylic acids is 2. The van der Waals surface area contributed by atoms with Crippen molar-refractivity contribution in [2.75, 3.05) is 28.6 Å². The number of nitrogens with one attached hydrogen (secondary N) is 2. The van der Waals surface area contributed by atoms with Crippen molar-refractivity contribution in [3.63, 3.8) is 0 Å². The molecule has 1 fully saturated rings. The fourth-order valence-electron chi connectivity index (χ4n) is 4.97. The summed E-state index contributed by atoms with van der Waals surface area (Å²) in [4.78, 5) is 40.5. The molecule has 9 nitrogen and oxygen atoms in total. The summed E-state index contributed by atoms with van der Waals surface area (Å²) in [6.45, 7) is 0.0498. The van der Waals surface area contributed by atoms with Gasteiger partial charge in [-0.05, 0) is 55.7 Å². The number of benzene rings is 3. The second-order valence-electron chi connectivity index (χ2n) is 9.79. The molecule has 218 valence electrons. The molecular formula is C29H25ClF3N5O4. The van der Waals surface area contributed by atoms with Gasteiger partial charge >= 0.3 is 12.1 Å². The summed E-state index contributed by atoms with van der Waals surface area (Å²) in [6, 6.07) is 15.0. The normalized spacial score (nSPS) is 13.7. The number of hydrogen-bond acceptors (Lipinski definition) is 5. The second-order valence-corrected chi connectivity index (χ2v) is 10.2. The highest BCUT2D eigenvalue weighted by Crippen LogP contribution is 2.32. The number of rotatable bonds is 7. The quantitative estimate of drug-likeness (QED) is 0.225. The van der Waals surface area contributed by atoms with Crippen molar-refractivity contribution in [2.24, 2.45) is 0 Å². The zero-order valence-electron chi connectivity index (χ0n) is 22.0. The minimum atomic E-state index is -4.55. The smallest absolute Gasteiger partial charge is 0.408 e. The first-order chi connectivity index (χ1) is 20.0. The maximum atomic E-state index is 13.5. The largest absolute Gasteiger partial charge is 0.478 e. The lowest BCUT2D eigenvalue weighted by molar-refractivity contribution is -0.141. The number of carboxylic acid groups (broad SMARTS) is 1. The van der Waals surface area contributed by atoms with E-state index >= 15 is 0 Å². The molecule has 3 aromatic carbocycles. The first-order valence-electron chi connectivity index (χ1n) is 13.1. The highest BCUT2D eigenvalue weighted by molar-refractivity contribution is 6.35. The summed E-state index contributed by atoms with van der Waals surface area (Å²) in [7, 11) is 0. The third-order valence-electron chi connectivity index (χ3n) is 6.89. The fraction of sp³-hybridized carbons (Fsp3) is 0.241. The van der Waals surface area contributed by atoms with Crippen LogP contribution in [0, 0.1) is 0 Å². The predicted octanol–water partition coefficient (Wildman–Crippen LogP) is 6.45. The molecule has 1 saturated heterocycles. The van der Waals surface area contributed by atoms with E-state index in [-0.39, 0.29) is 44.1 Å². The molecule has 1 aromatic heterocycles. The monoisotopic (exact) mass is 599 g/mol. The van der Waals surface area contributed by atoms with Gasteiger partial charge in [0, 0.05) is 24.0 Å². The van der Waals surface area contributed by atoms with Crippen molar-refractivity contribution in [2.45, 2.75) is 32.0 Å². The van der Waals surface area contributed by atoms with E-state index in [1.54, 1.807) is 24.3 Å². The van der Waals surface area contributed by atoms with E-state index in [1.165, 1.54) is 36.4 Å². The van der Waals surface area contributed by atoms with E-state index in [0.29, 0.717) is 18.8 Å². The Morgan fingerprint density at radius 3 is 2.38 bits per heavy atom. The molecule has 0 aliphatic carbocycles. The Kier molecular flexibility index (Phi) is 8.08. The van der Waals surface area contributed by atoms with Crippen molar-refractivity contribution >= 4 is 57.3 Å². The third kappa shape index (κ3) is 6.18. The molecule has 0 saturated carbocycles. The maximum absolute atomic E-state index is 13.5. The second kappa shape index (κ2) is 11.7. The number of hydrogen-bond donors (Lipinski definition) is 3. The highest BCUT2D eigenvalue weighted by atomic mass is 35.5. The average Bonchev–Trinajstić information content (AvgIpc) is 3.31. The number of para-hydroxylation sites is 2. The van der Waals surface area contributed by atoms with E-state index in [1.807, 2.05) is 0 Å². The molecule has 0 atom stereocenters. The van der Waals surface area contributed by atoms with Gasteiger partial charge in [0.2, 0.25) is 0 Å². The summed E-state index contributed by atoms with van der Waals surface area (Å²) in [5.41, 5.74) is 0.647. The molecule has 0 unspecified atom stereocenters. The zero-order valence-corrected chi connectivity index (χ0v) is 22.8. The Bertz CT molecular complexity index is 1680. The molecular weight excluding hydrogens is 575 g/mol. The standard InChI is InChI=1S/C29H25ClF3N5O4/c30-20-9-6-8-19(28(41)42)24(20)35-26(39)17-11-12-23(37-13-4-1-5-14-37)21(15-17)34-27(40)25-18-7-2-3-10-22(18)38(36-25)16-29(31,32)33/h2-3,6-12,15H,1,4-5,13-14,16H2,(H,34,40)(H,35,39)(H,41,42). The van der Waals surface area contributed by atoms with Gasteiger partial charge in [-0.3, -0.25) is 14.3 Å². The zero-order chi connectivity index (χ0) is 30.0. The van der Waals surface area contributed by atoms with Gasteiger partial charge in [-0.1, -0.05) is 35.9 Å². The summed E-state index contributed by atoms with van der Waals surface area (Å²) < 4.78 is 40.4. The topological polar surface area (TPSA) is 117 Å². The van der Waals surface area contributed by atoms with Gasteiger partial charge in [0.1, 0.15) is 6.54 Å². The van der Waals surface area contributed by atoms with Crippen molar-refractivity contribution in [3.05, 3.63) is 82.5 Å². The maximum Gasteiger partial charge on any atom is 0.408 e. The first-order valence-corrected chi connectivity index (χ1v) is 13.5. The molecule has 3 N–H and O–H groups in total. The van der Waals surface area contributed by atoms with Crippen LogP contribution in [-0.4, -0.2) is 51.9 Å². The van der Waals surface area contributed by atoms with Crippen LogP contribution in [0.2, 0.25) is 5.02 Å². The van der Waals surface area contributed by atoms with Crippen LogP contribution in [0.15, 0.2) is 60.7 Å².